The number of furan rings is 1. The number of hydrogen-bond donors (Lipinski definition) is 0. The molecule has 17 rings (SSSR count). The Hall–Kier alpha value is -9.84. The second-order valence-corrected chi connectivity index (χ2v) is 27.4. The maximum atomic E-state index is 6.19. The summed E-state index contributed by atoms with van der Waals surface area (Å²) in [5.41, 5.74) is 18.0. The standard InChI is InChI=1S/2C30H20BrNS.C25H18BrNO/c31-27-19-18-25(29-26-16-7-8-17-28(26)33-30(27)29)21-10-9-15-24(20-21)32(22-11-3-1-4-12-22)23-13-5-2-6-14-23;31-29-27(20-19-26-25-13-7-8-14-28(25)33-30(26)29)32(23-11-5-2-6-12-23)24-17-15-22(16-18-24)21-9-3-1-4-10-21;1-17-11-13-19(14-12-17)27(18-7-3-2-4-8-18)22-16-15-21(26)25-24(22)20-9-5-6-10-23(20)28-25/h2*1-20H;2-16H,1H3. The number of benzene rings is 14. The van der Waals surface area contributed by atoms with Gasteiger partial charge in [0.1, 0.15) is 5.58 Å². The zero-order valence-corrected chi connectivity index (χ0v) is 57.3. The van der Waals surface area contributed by atoms with Crippen molar-refractivity contribution in [1.29, 1.82) is 0 Å². The van der Waals surface area contributed by atoms with E-state index >= 15 is 0 Å². The van der Waals surface area contributed by atoms with Crippen molar-refractivity contribution in [3.63, 3.8) is 0 Å². The summed E-state index contributed by atoms with van der Waals surface area (Å²) < 4.78 is 14.6. The lowest BCUT2D eigenvalue weighted by atomic mass is 9.98. The third-order valence-electron chi connectivity index (χ3n) is 16.9. The highest BCUT2D eigenvalue weighted by Gasteiger charge is 2.23. The predicted molar refractivity (Wildman–Crippen MR) is 415 cm³/mol. The quantitative estimate of drug-likeness (QED) is 0.129. The minimum absolute atomic E-state index is 0.867. The molecule has 17 aromatic rings. The van der Waals surface area contributed by atoms with Gasteiger partial charge < -0.3 is 19.1 Å². The molecule has 3 aromatic heterocycles. The van der Waals surface area contributed by atoms with Crippen LogP contribution in [0.25, 0.3) is 84.5 Å². The van der Waals surface area contributed by atoms with Crippen LogP contribution in [-0.2, 0) is 0 Å². The van der Waals surface area contributed by atoms with E-state index in [0.29, 0.717) is 0 Å². The van der Waals surface area contributed by atoms with Gasteiger partial charge in [-0.15, -0.1) is 22.7 Å². The summed E-state index contributed by atoms with van der Waals surface area (Å²) in [5.74, 6) is 0. The molecular formula is C85H58Br3N3OS2. The SMILES string of the molecule is Brc1c(N(c2ccccc2)c2ccc(-c3ccccc3)cc2)ccc2c1sc1ccccc12.Brc1ccc(-c2cccc(N(c3ccccc3)c3ccccc3)c2)c2c1sc1ccccc12.Cc1ccc(N(c2ccccc2)c2ccc(Br)c3oc4ccccc4c23)cc1. The second kappa shape index (κ2) is 27.0. The summed E-state index contributed by atoms with van der Waals surface area (Å²) in [4.78, 5) is 6.92. The van der Waals surface area contributed by atoms with E-state index in [1.54, 1.807) is 0 Å². The molecule has 0 radical (unpaired) electrons. The highest BCUT2D eigenvalue weighted by atomic mass is 79.9. The lowest BCUT2D eigenvalue weighted by molar-refractivity contribution is 0.667. The van der Waals surface area contributed by atoms with E-state index in [4.69, 9.17) is 4.42 Å². The smallest absolute Gasteiger partial charge is 0.151 e. The Labute approximate surface area is 579 Å². The summed E-state index contributed by atoms with van der Waals surface area (Å²) in [7, 11) is 0. The van der Waals surface area contributed by atoms with Gasteiger partial charge in [-0.3, -0.25) is 0 Å². The highest BCUT2D eigenvalue weighted by molar-refractivity contribution is 9.11. The number of halogens is 3. The average Bonchev–Trinajstić information content (AvgIpc) is 1.58. The van der Waals surface area contributed by atoms with Gasteiger partial charge in [-0.25, -0.2) is 0 Å². The average molecular weight is 1440 g/mol. The molecule has 0 atom stereocenters. The van der Waals surface area contributed by atoms with Crippen LogP contribution in [0.1, 0.15) is 5.56 Å². The van der Waals surface area contributed by atoms with Crippen LogP contribution in [0.4, 0.5) is 51.2 Å². The largest absolute Gasteiger partial charge is 0.455 e. The highest BCUT2D eigenvalue weighted by Crippen LogP contribution is 2.49. The van der Waals surface area contributed by atoms with Crippen molar-refractivity contribution in [2.45, 2.75) is 6.92 Å². The molecule has 0 spiro atoms. The predicted octanol–water partition coefficient (Wildman–Crippen LogP) is 28.0. The number of aryl methyl sites for hydroxylation is 1. The minimum atomic E-state index is 0.867. The normalized spacial score (nSPS) is 11.2. The van der Waals surface area contributed by atoms with Gasteiger partial charge in [-0.05, 0) is 204 Å². The van der Waals surface area contributed by atoms with Gasteiger partial charge in [0.15, 0.2) is 5.58 Å². The second-order valence-electron chi connectivity index (χ2n) is 22.8. The zero-order valence-electron chi connectivity index (χ0n) is 51.0. The van der Waals surface area contributed by atoms with E-state index in [1.807, 2.05) is 40.9 Å². The van der Waals surface area contributed by atoms with Crippen molar-refractivity contribution in [2.75, 3.05) is 14.7 Å². The number of rotatable bonds is 11. The molecule has 0 aliphatic rings. The first-order valence-electron chi connectivity index (χ1n) is 31.0. The molecule has 0 aliphatic heterocycles. The lowest BCUT2D eigenvalue weighted by Crippen LogP contribution is -2.10. The summed E-state index contributed by atoms with van der Waals surface area (Å²) in [5, 5.41) is 7.44. The fourth-order valence-corrected chi connectivity index (χ4v) is 16.5. The molecule has 4 nitrogen and oxygen atoms in total. The van der Waals surface area contributed by atoms with Crippen molar-refractivity contribution in [1.82, 2.24) is 0 Å². The summed E-state index contributed by atoms with van der Waals surface area (Å²) in [6, 6.07) is 118. The Morgan fingerprint density at radius 2 is 0.745 bits per heavy atom. The third-order valence-corrected chi connectivity index (χ3v) is 21.9. The lowest BCUT2D eigenvalue weighted by Gasteiger charge is -2.27. The summed E-state index contributed by atoms with van der Waals surface area (Å²) in [6.45, 7) is 2.11. The van der Waals surface area contributed by atoms with Crippen LogP contribution in [0.5, 0.6) is 0 Å². The van der Waals surface area contributed by atoms with Crippen molar-refractivity contribution >= 4 is 184 Å². The van der Waals surface area contributed by atoms with Crippen LogP contribution in [0.15, 0.2) is 351 Å². The topological polar surface area (TPSA) is 22.9 Å². The van der Waals surface area contributed by atoms with Gasteiger partial charge in [0.05, 0.1) is 35.1 Å². The number of nitrogens with zero attached hydrogens (tertiary/aromatic N) is 3. The van der Waals surface area contributed by atoms with Gasteiger partial charge in [-0.2, -0.15) is 0 Å². The molecule has 94 heavy (non-hydrogen) atoms. The molecule has 0 unspecified atom stereocenters. The van der Waals surface area contributed by atoms with Crippen LogP contribution < -0.4 is 14.7 Å². The Morgan fingerprint density at radius 3 is 1.37 bits per heavy atom. The third kappa shape index (κ3) is 12.0. The molecule has 0 N–H and O–H groups in total. The van der Waals surface area contributed by atoms with Crippen LogP contribution in [-0.4, -0.2) is 0 Å². The molecule has 0 aliphatic carbocycles. The number of fused-ring (bicyclic) bond motifs is 9. The van der Waals surface area contributed by atoms with E-state index < -0.39 is 0 Å². The van der Waals surface area contributed by atoms with Gasteiger partial charge in [0.25, 0.3) is 0 Å². The van der Waals surface area contributed by atoms with E-state index in [9.17, 15) is 0 Å². The van der Waals surface area contributed by atoms with Crippen LogP contribution >= 0.6 is 70.5 Å². The summed E-state index contributed by atoms with van der Waals surface area (Å²) in [6.07, 6.45) is 0. The minimum Gasteiger partial charge on any atom is -0.455 e. The first-order chi connectivity index (χ1) is 46.3. The van der Waals surface area contributed by atoms with E-state index in [1.165, 1.54) is 68.2 Å². The van der Waals surface area contributed by atoms with Crippen molar-refractivity contribution in [3.8, 4) is 22.3 Å². The van der Waals surface area contributed by atoms with E-state index in [-0.39, 0.29) is 0 Å². The molecule has 0 bridgehead atoms. The molecule has 14 aromatic carbocycles. The van der Waals surface area contributed by atoms with Crippen LogP contribution in [0, 0.1) is 6.92 Å². The summed E-state index contributed by atoms with van der Waals surface area (Å²) >= 11 is 15.1. The van der Waals surface area contributed by atoms with Gasteiger partial charge in [0.2, 0.25) is 0 Å². The number of anilines is 9. The van der Waals surface area contributed by atoms with Crippen LogP contribution in [0.2, 0.25) is 0 Å². The molecule has 0 saturated carbocycles. The molecule has 0 saturated heterocycles. The van der Waals surface area contributed by atoms with Gasteiger partial charge >= 0.3 is 0 Å². The fourth-order valence-electron chi connectivity index (χ4n) is 12.5. The number of para-hydroxylation sites is 5. The molecule has 3 heterocycles. The maximum absolute atomic E-state index is 6.19. The number of thiophene rings is 2. The zero-order chi connectivity index (χ0) is 63.5. The fraction of sp³-hybridized carbons (Fsp3) is 0.0118. The van der Waals surface area contributed by atoms with Crippen molar-refractivity contribution in [2.24, 2.45) is 0 Å². The molecule has 0 fully saturated rings. The molecular weight excluding hydrogens is 1380 g/mol. The first-order valence-corrected chi connectivity index (χ1v) is 35.0. The van der Waals surface area contributed by atoms with Crippen molar-refractivity contribution < 1.29 is 4.42 Å². The van der Waals surface area contributed by atoms with Gasteiger partial charge in [-0.1, -0.05) is 212 Å². The van der Waals surface area contributed by atoms with E-state index in [2.05, 4.69) is 385 Å². The monoisotopic (exact) mass is 1440 g/mol. The van der Waals surface area contributed by atoms with Gasteiger partial charge in [0, 0.05) is 80.6 Å². The Morgan fingerprint density at radius 1 is 0.298 bits per heavy atom. The first kappa shape index (κ1) is 60.4. The Kier molecular flexibility index (Phi) is 17.4. The van der Waals surface area contributed by atoms with Crippen molar-refractivity contribution in [3.05, 3.63) is 353 Å². The van der Waals surface area contributed by atoms with Crippen LogP contribution in [0.3, 0.4) is 0 Å². The Balaban J connectivity index is 0.000000117. The number of hydrogen-bond acceptors (Lipinski definition) is 6. The molecule has 9 heteroatoms. The molecule has 0 amide bonds. The Bertz CT molecular complexity index is 5450. The molecule has 452 valence electrons. The van der Waals surface area contributed by atoms with E-state index in [0.717, 1.165) is 86.5 Å². The maximum Gasteiger partial charge on any atom is 0.151 e.